The summed E-state index contributed by atoms with van der Waals surface area (Å²) in [6.07, 6.45) is -1.27. The molecule has 0 spiro atoms. The van der Waals surface area contributed by atoms with Gasteiger partial charge in [-0.2, -0.15) is 0 Å². The van der Waals surface area contributed by atoms with Gasteiger partial charge < -0.3 is 24.2 Å². The van der Waals surface area contributed by atoms with Crippen LogP contribution in [0.25, 0.3) is 0 Å². The van der Waals surface area contributed by atoms with Crippen molar-refractivity contribution >= 4 is 6.09 Å². The number of aliphatic hydroxyl groups excluding tert-OH is 1. The Balaban J connectivity index is 1.95. The third-order valence-corrected chi connectivity index (χ3v) is 3.87. The Hall–Kier alpha value is -0.850. The van der Waals surface area contributed by atoms with E-state index in [-0.39, 0.29) is 36.9 Å². The normalized spacial score (nSPS) is 46.9. The van der Waals surface area contributed by atoms with Gasteiger partial charge in [-0.25, -0.2) is 4.79 Å². The highest BCUT2D eigenvalue weighted by Crippen LogP contribution is 2.46. The Kier molecular flexibility index (Phi) is 2.21. The van der Waals surface area contributed by atoms with Crippen LogP contribution in [0.3, 0.4) is 0 Å². The van der Waals surface area contributed by atoms with Crippen LogP contribution in [0, 0.1) is 5.92 Å². The van der Waals surface area contributed by atoms with Gasteiger partial charge >= 0.3 is 6.09 Å². The van der Waals surface area contributed by atoms with E-state index in [9.17, 15) is 9.90 Å². The SMILES string of the molecule is CN1C(=O)OC2C(CO)C1C1OC(C)(C)OC21. The van der Waals surface area contributed by atoms with Crippen LogP contribution in [0.4, 0.5) is 4.79 Å². The summed E-state index contributed by atoms with van der Waals surface area (Å²) in [6.45, 7) is 3.65. The Labute approximate surface area is 99.4 Å². The molecule has 96 valence electrons. The maximum atomic E-state index is 11.6. The van der Waals surface area contributed by atoms with E-state index >= 15 is 0 Å². The fourth-order valence-corrected chi connectivity index (χ4v) is 3.21. The number of hydrogen-bond donors (Lipinski definition) is 1. The summed E-state index contributed by atoms with van der Waals surface area (Å²) in [5, 5.41) is 9.43. The minimum Gasteiger partial charge on any atom is -0.443 e. The summed E-state index contributed by atoms with van der Waals surface area (Å²) in [7, 11) is 1.67. The number of carbonyl (C=O) groups is 1. The molecule has 3 aliphatic rings. The van der Waals surface area contributed by atoms with E-state index in [0.717, 1.165) is 0 Å². The standard InChI is InChI=1S/C11H17NO5/c1-11(2)16-8-6-5(4-13)7(9(8)17-11)15-10(14)12(6)3/h5-9,13H,4H2,1-3H3. The maximum absolute atomic E-state index is 11.6. The fourth-order valence-electron chi connectivity index (χ4n) is 3.21. The van der Waals surface area contributed by atoms with Gasteiger partial charge in [0.05, 0.1) is 12.6 Å². The number of ether oxygens (including phenoxy) is 3. The molecule has 1 saturated carbocycles. The molecular formula is C11H17NO5. The average Bonchev–Trinajstić information content (AvgIpc) is 2.66. The van der Waals surface area contributed by atoms with Crippen molar-refractivity contribution < 1.29 is 24.1 Å². The van der Waals surface area contributed by atoms with Crippen LogP contribution in [0.15, 0.2) is 0 Å². The molecular weight excluding hydrogens is 226 g/mol. The number of nitrogens with zero attached hydrogens (tertiary/aromatic N) is 1. The first-order valence-electron chi connectivity index (χ1n) is 5.84. The smallest absolute Gasteiger partial charge is 0.410 e. The van der Waals surface area contributed by atoms with E-state index in [1.807, 2.05) is 13.8 Å². The summed E-state index contributed by atoms with van der Waals surface area (Å²) in [5.74, 6) is -0.791. The number of carbonyl (C=O) groups excluding carboxylic acids is 1. The third-order valence-electron chi connectivity index (χ3n) is 3.87. The van der Waals surface area contributed by atoms with E-state index in [1.165, 1.54) is 4.90 Å². The monoisotopic (exact) mass is 243 g/mol. The largest absolute Gasteiger partial charge is 0.443 e. The van der Waals surface area contributed by atoms with Crippen LogP contribution in [-0.2, 0) is 14.2 Å². The lowest BCUT2D eigenvalue weighted by Gasteiger charge is -2.38. The molecule has 2 bridgehead atoms. The van der Waals surface area contributed by atoms with Gasteiger partial charge in [0.25, 0.3) is 0 Å². The molecule has 5 atom stereocenters. The lowest BCUT2D eigenvalue weighted by molar-refractivity contribution is -0.185. The zero-order chi connectivity index (χ0) is 12.4. The number of aliphatic hydroxyl groups is 1. The second kappa shape index (κ2) is 3.34. The van der Waals surface area contributed by atoms with Crippen molar-refractivity contribution in [1.82, 2.24) is 4.90 Å². The predicted molar refractivity (Wildman–Crippen MR) is 56.2 cm³/mol. The molecule has 6 nitrogen and oxygen atoms in total. The van der Waals surface area contributed by atoms with Gasteiger partial charge in [-0.15, -0.1) is 0 Å². The molecule has 2 heterocycles. The van der Waals surface area contributed by atoms with Gasteiger partial charge in [0, 0.05) is 13.0 Å². The van der Waals surface area contributed by atoms with Crippen LogP contribution in [-0.4, -0.2) is 59.9 Å². The van der Waals surface area contributed by atoms with Crippen molar-refractivity contribution in [2.45, 2.75) is 44.0 Å². The second-order valence-electron chi connectivity index (χ2n) is 5.36. The van der Waals surface area contributed by atoms with Crippen molar-refractivity contribution in [1.29, 1.82) is 0 Å². The molecule has 0 aromatic carbocycles. The summed E-state index contributed by atoms with van der Waals surface area (Å²) in [5.41, 5.74) is 0. The van der Waals surface area contributed by atoms with E-state index in [0.29, 0.717) is 0 Å². The van der Waals surface area contributed by atoms with Crippen LogP contribution in [0.1, 0.15) is 13.8 Å². The Morgan fingerprint density at radius 1 is 1.29 bits per heavy atom. The molecule has 5 unspecified atom stereocenters. The van der Waals surface area contributed by atoms with Gasteiger partial charge in [0.15, 0.2) is 5.79 Å². The van der Waals surface area contributed by atoms with Crippen molar-refractivity contribution in [3.05, 3.63) is 0 Å². The molecule has 0 aromatic heterocycles. The molecule has 1 aliphatic carbocycles. The van der Waals surface area contributed by atoms with Gasteiger partial charge in [-0.3, -0.25) is 0 Å². The lowest BCUT2D eigenvalue weighted by Crippen LogP contribution is -2.53. The number of amides is 1. The zero-order valence-corrected chi connectivity index (χ0v) is 10.1. The van der Waals surface area contributed by atoms with Crippen molar-refractivity contribution in [3.63, 3.8) is 0 Å². The molecule has 3 rings (SSSR count). The number of rotatable bonds is 1. The topological polar surface area (TPSA) is 68.2 Å². The van der Waals surface area contributed by atoms with Crippen molar-refractivity contribution in [3.8, 4) is 0 Å². The first kappa shape index (κ1) is 11.3. The Morgan fingerprint density at radius 2 is 1.94 bits per heavy atom. The Morgan fingerprint density at radius 3 is 2.59 bits per heavy atom. The quantitative estimate of drug-likeness (QED) is 0.699. The highest BCUT2D eigenvalue weighted by molar-refractivity contribution is 5.70. The molecule has 6 heteroatoms. The summed E-state index contributed by atoms with van der Waals surface area (Å²) >= 11 is 0. The lowest BCUT2D eigenvalue weighted by atomic mass is 9.99. The van der Waals surface area contributed by atoms with Crippen LogP contribution < -0.4 is 0 Å². The Bertz CT molecular complexity index is 358. The minimum absolute atomic E-state index is 0.0346. The van der Waals surface area contributed by atoms with E-state index in [4.69, 9.17) is 14.2 Å². The molecule has 2 aliphatic heterocycles. The molecule has 1 amide bonds. The van der Waals surface area contributed by atoms with Gasteiger partial charge in [-0.05, 0) is 13.8 Å². The molecule has 2 saturated heterocycles. The van der Waals surface area contributed by atoms with Crippen LogP contribution in [0.5, 0.6) is 0 Å². The third kappa shape index (κ3) is 1.41. The highest BCUT2D eigenvalue weighted by atomic mass is 16.8. The average molecular weight is 243 g/mol. The summed E-state index contributed by atoms with van der Waals surface area (Å²) < 4.78 is 16.9. The van der Waals surface area contributed by atoms with E-state index in [1.54, 1.807) is 7.05 Å². The van der Waals surface area contributed by atoms with E-state index < -0.39 is 11.9 Å². The summed E-state index contributed by atoms with van der Waals surface area (Å²) in [4.78, 5) is 13.1. The first-order chi connectivity index (χ1) is 7.94. The molecule has 1 N–H and O–H groups in total. The fraction of sp³-hybridized carbons (Fsp3) is 0.909. The summed E-state index contributed by atoms with van der Waals surface area (Å²) in [6, 6.07) is -0.168. The molecule has 0 aromatic rings. The number of fused-ring (bicyclic) bond motifs is 5. The zero-order valence-electron chi connectivity index (χ0n) is 10.1. The van der Waals surface area contributed by atoms with E-state index in [2.05, 4.69) is 0 Å². The molecule has 0 radical (unpaired) electrons. The predicted octanol–water partition coefficient (Wildman–Crippen LogP) is -0.0522. The van der Waals surface area contributed by atoms with Crippen molar-refractivity contribution in [2.24, 2.45) is 5.92 Å². The van der Waals surface area contributed by atoms with Gasteiger partial charge in [-0.1, -0.05) is 0 Å². The van der Waals surface area contributed by atoms with Gasteiger partial charge in [0.1, 0.15) is 18.3 Å². The number of likely N-dealkylation sites (N-methyl/N-ethyl adjacent to an activating group) is 1. The molecule has 17 heavy (non-hydrogen) atoms. The highest BCUT2D eigenvalue weighted by Gasteiger charge is 2.64. The minimum atomic E-state index is -0.656. The van der Waals surface area contributed by atoms with Crippen LogP contribution in [0.2, 0.25) is 0 Å². The molecule has 3 fully saturated rings. The van der Waals surface area contributed by atoms with Gasteiger partial charge in [0.2, 0.25) is 0 Å². The first-order valence-corrected chi connectivity index (χ1v) is 5.84. The van der Waals surface area contributed by atoms with Crippen molar-refractivity contribution in [2.75, 3.05) is 13.7 Å². The second-order valence-corrected chi connectivity index (χ2v) is 5.36. The number of hydrogen-bond acceptors (Lipinski definition) is 5. The maximum Gasteiger partial charge on any atom is 0.410 e. The van der Waals surface area contributed by atoms with Crippen LogP contribution >= 0.6 is 0 Å².